The molecule has 134 valence electrons. The molecule has 0 bridgehead atoms. The number of carbonyl (C=O) groups is 1. The van der Waals surface area contributed by atoms with Gasteiger partial charge >= 0.3 is 0 Å². The van der Waals surface area contributed by atoms with Gasteiger partial charge in [-0.1, -0.05) is 26.0 Å². The number of hydrogen-bond donors (Lipinski definition) is 2. The summed E-state index contributed by atoms with van der Waals surface area (Å²) in [4.78, 5) is 16.7. The van der Waals surface area contributed by atoms with Crippen molar-refractivity contribution in [3.8, 4) is 11.3 Å². The van der Waals surface area contributed by atoms with Crippen molar-refractivity contribution in [2.45, 2.75) is 32.7 Å². The van der Waals surface area contributed by atoms with Crippen molar-refractivity contribution in [2.75, 3.05) is 11.9 Å². The van der Waals surface area contributed by atoms with E-state index >= 15 is 0 Å². The van der Waals surface area contributed by atoms with Crippen LogP contribution in [0.2, 0.25) is 0 Å². The molecule has 4 rings (SSSR count). The van der Waals surface area contributed by atoms with Crippen LogP contribution in [-0.2, 0) is 0 Å². The molecule has 1 aliphatic rings. The lowest BCUT2D eigenvalue weighted by atomic mass is 10.1. The number of aromatic nitrogens is 3. The lowest BCUT2D eigenvalue weighted by Gasteiger charge is -2.10. The second kappa shape index (κ2) is 6.78. The van der Waals surface area contributed by atoms with Gasteiger partial charge in [0.1, 0.15) is 0 Å². The fourth-order valence-corrected chi connectivity index (χ4v) is 2.83. The summed E-state index contributed by atoms with van der Waals surface area (Å²) in [5.41, 5.74) is 4.34. The number of fused-ring (bicyclic) bond motifs is 1. The Balaban J connectivity index is 1.60. The molecular weight excluding hydrogens is 326 g/mol. The van der Waals surface area contributed by atoms with Crippen LogP contribution < -0.4 is 10.6 Å². The molecule has 0 atom stereocenters. The SMILES string of the molecule is CC(C)CNc1ccnn2c(-c3ccc(C(=O)NC4CC4)cc3)cnc12. The van der Waals surface area contributed by atoms with Gasteiger partial charge in [-0.2, -0.15) is 5.10 Å². The molecule has 1 aliphatic carbocycles. The largest absolute Gasteiger partial charge is 0.382 e. The van der Waals surface area contributed by atoms with E-state index < -0.39 is 0 Å². The molecule has 0 radical (unpaired) electrons. The summed E-state index contributed by atoms with van der Waals surface area (Å²) in [6.07, 6.45) is 5.77. The topological polar surface area (TPSA) is 71.3 Å². The predicted octanol–water partition coefficient (Wildman–Crippen LogP) is 3.36. The Morgan fingerprint density at radius 3 is 2.69 bits per heavy atom. The van der Waals surface area contributed by atoms with Gasteiger partial charge in [-0.25, -0.2) is 9.50 Å². The molecule has 1 fully saturated rings. The molecule has 2 N–H and O–H groups in total. The van der Waals surface area contributed by atoms with Crippen molar-refractivity contribution in [3.63, 3.8) is 0 Å². The standard InChI is InChI=1S/C20H23N5O/c1-13(2)11-21-17-9-10-23-25-18(12-22-19(17)25)14-3-5-15(6-4-14)20(26)24-16-7-8-16/h3-6,9-10,12-13,16,21H,7-8,11H2,1-2H3,(H,24,26). The number of rotatable bonds is 6. The van der Waals surface area contributed by atoms with Crippen LogP contribution in [0.1, 0.15) is 37.0 Å². The van der Waals surface area contributed by atoms with Crippen LogP contribution in [0.4, 0.5) is 5.69 Å². The molecule has 1 aromatic carbocycles. The van der Waals surface area contributed by atoms with E-state index in [1.165, 1.54) is 0 Å². The van der Waals surface area contributed by atoms with E-state index in [4.69, 9.17) is 0 Å². The molecule has 6 nitrogen and oxygen atoms in total. The van der Waals surface area contributed by atoms with E-state index in [-0.39, 0.29) is 5.91 Å². The van der Waals surface area contributed by atoms with Gasteiger partial charge < -0.3 is 10.6 Å². The molecule has 0 saturated heterocycles. The van der Waals surface area contributed by atoms with E-state index in [1.54, 1.807) is 6.20 Å². The van der Waals surface area contributed by atoms with Crippen LogP contribution in [0.25, 0.3) is 16.9 Å². The van der Waals surface area contributed by atoms with Gasteiger partial charge in [-0.15, -0.1) is 0 Å². The summed E-state index contributed by atoms with van der Waals surface area (Å²) < 4.78 is 1.84. The number of anilines is 1. The van der Waals surface area contributed by atoms with E-state index in [0.29, 0.717) is 17.5 Å². The third kappa shape index (κ3) is 3.40. The number of hydrogen-bond acceptors (Lipinski definition) is 4. The summed E-state index contributed by atoms with van der Waals surface area (Å²) in [7, 11) is 0. The Labute approximate surface area is 152 Å². The van der Waals surface area contributed by atoms with Crippen LogP contribution in [0, 0.1) is 5.92 Å². The first-order valence-electron chi connectivity index (χ1n) is 9.10. The Kier molecular flexibility index (Phi) is 4.32. The van der Waals surface area contributed by atoms with Gasteiger partial charge in [-0.05, 0) is 37.0 Å². The molecule has 26 heavy (non-hydrogen) atoms. The molecule has 0 spiro atoms. The predicted molar refractivity (Wildman–Crippen MR) is 102 cm³/mol. The summed E-state index contributed by atoms with van der Waals surface area (Å²) in [5, 5.41) is 10.9. The molecule has 3 aromatic rings. The second-order valence-corrected chi connectivity index (χ2v) is 7.22. The number of benzene rings is 1. The van der Waals surface area contributed by atoms with Crippen molar-refractivity contribution < 1.29 is 4.79 Å². The summed E-state index contributed by atoms with van der Waals surface area (Å²) >= 11 is 0. The van der Waals surface area contributed by atoms with Crippen LogP contribution in [0.3, 0.4) is 0 Å². The average Bonchev–Trinajstić information content (AvgIpc) is 3.35. The van der Waals surface area contributed by atoms with Gasteiger partial charge in [0.05, 0.1) is 23.8 Å². The summed E-state index contributed by atoms with van der Waals surface area (Å²) in [6.45, 7) is 5.22. The summed E-state index contributed by atoms with van der Waals surface area (Å²) in [6, 6.07) is 9.91. The highest BCUT2D eigenvalue weighted by molar-refractivity contribution is 5.95. The number of amides is 1. The van der Waals surface area contributed by atoms with Crippen molar-refractivity contribution in [3.05, 3.63) is 48.3 Å². The second-order valence-electron chi connectivity index (χ2n) is 7.22. The Morgan fingerprint density at radius 1 is 1.23 bits per heavy atom. The fourth-order valence-electron chi connectivity index (χ4n) is 2.83. The number of nitrogens with zero attached hydrogens (tertiary/aromatic N) is 3. The Bertz CT molecular complexity index is 925. The maximum absolute atomic E-state index is 12.1. The fraction of sp³-hybridized carbons (Fsp3) is 0.350. The quantitative estimate of drug-likeness (QED) is 0.716. The van der Waals surface area contributed by atoms with Crippen molar-refractivity contribution in [1.29, 1.82) is 0 Å². The van der Waals surface area contributed by atoms with Gasteiger partial charge in [-0.3, -0.25) is 4.79 Å². The highest BCUT2D eigenvalue weighted by Gasteiger charge is 2.23. The molecule has 1 amide bonds. The van der Waals surface area contributed by atoms with Crippen molar-refractivity contribution in [1.82, 2.24) is 19.9 Å². The third-order valence-electron chi connectivity index (χ3n) is 4.46. The highest BCUT2D eigenvalue weighted by atomic mass is 16.1. The van der Waals surface area contributed by atoms with Gasteiger partial charge in [0.25, 0.3) is 5.91 Å². The molecule has 2 heterocycles. The van der Waals surface area contributed by atoms with Gasteiger partial charge in [0, 0.05) is 23.7 Å². The molecule has 0 aliphatic heterocycles. The summed E-state index contributed by atoms with van der Waals surface area (Å²) in [5.74, 6) is 0.544. The number of imidazole rings is 1. The first-order chi connectivity index (χ1) is 12.6. The van der Waals surface area contributed by atoms with E-state index in [0.717, 1.165) is 42.0 Å². The minimum atomic E-state index is -0.00418. The Morgan fingerprint density at radius 2 is 2.00 bits per heavy atom. The molecule has 0 unspecified atom stereocenters. The number of nitrogens with one attached hydrogen (secondary N) is 2. The Hall–Kier alpha value is -2.89. The normalized spacial score (nSPS) is 14.0. The smallest absolute Gasteiger partial charge is 0.251 e. The zero-order valence-electron chi connectivity index (χ0n) is 15.1. The van der Waals surface area contributed by atoms with Crippen molar-refractivity contribution in [2.24, 2.45) is 5.92 Å². The van der Waals surface area contributed by atoms with Crippen LogP contribution in [0.15, 0.2) is 42.7 Å². The third-order valence-corrected chi connectivity index (χ3v) is 4.46. The zero-order valence-corrected chi connectivity index (χ0v) is 15.1. The van der Waals surface area contributed by atoms with E-state index in [9.17, 15) is 4.79 Å². The lowest BCUT2D eigenvalue weighted by Crippen LogP contribution is -2.25. The minimum absolute atomic E-state index is 0.00418. The molecule has 6 heteroatoms. The maximum Gasteiger partial charge on any atom is 0.251 e. The molecular formula is C20H23N5O. The van der Waals surface area contributed by atoms with Crippen molar-refractivity contribution >= 4 is 17.2 Å². The minimum Gasteiger partial charge on any atom is -0.382 e. The maximum atomic E-state index is 12.1. The van der Waals surface area contributed by atoms with E-state index in [2.05, 4.69) is 34.6 Å². The first-order valence-corrected chi connectivity index (χ1v) is 9.10. The monoisotopic (exact) mass is 349 g/mol. The zero-order chi connectivity index (χ0) is 18.1. The van der Waals surface area contributed by atoms with Crippen LogP contribution >= 0.6 is 0 Å². The highest BCUT2D eigenvalue weighted by Crippen LogP contribution is 2.24. The number of carbonyl (C=O) groups excluding carboxylic acids is 1. The van der Waals surface area contributed by atoms with Gasteiger partial charge in [0.15, 0.2) is 5.65 Å². The first kappa shape index (κ1) is 16.6. The average molecular weight is 349 g/mol. The molecule has 1 saturated carbocycles. The lowest BCUT2D eigenvalue weighted by molar-refractivity contribution is 0.0951. The van der Waals surface area contributed by atoms with Gasteiger partial charge in [0.2, 0.25) is 0 Å². The van der Waals surface area contributed by atoms with E-state index in [1.807, 2.05) is 41.0 Å². The van der Waals surface area contributed by atoms with Crippen LogP contribution in [0.5, 0.6) is 0 Å². The molecule has 2 aromatic heterocycles. The van der Waals surface area contributed by atoms with Crippen LogP contribution in [-0.4, -0.2) is 33.1 Å².